The fourth-order valence-corrected chi connectivity index (χ4v) is 6.83. The number of rotatable bonds is 1. The van der Waals surface area contributed by atoms with E-state index in [1.165, 1.54) is 39.9 Å². The van der Waals surface area contributed by atoms with Crippen molar-refractivity contribution in [2.75, 3.05) is 11.5 Å². The van der Waals surface area contributed by atoms with Crippen LogP contribution in [0.25, 0.3) is 0 Å². The maximum Gasteiger partial charge on any atom is 0.107 e. The van der Waals surface area contributed by atoms with Gasteiger partial charge in [-0.1, -0.05) is 6.92 Å². The van der Waals surface area contributed by atoms with Crippen molar-refractivity contribution in [2.45, 2.75) is 42.7 Å². The first-order valence-electron chi connectivity index (χ1n) is 6.24. The van der Waals surface area contributed by atoms with Crippen molar-refractivity contribution in [3.63, 3.8) is 0 Å². The van der Waals surface area contributed by atoms with Crippen LogP contribution < -0.4 is 5.73 Å². The molecule has 1 aromatic heterocycles. The van der Waals surface area contributed by atoms with Gasteiger partial charge < -0.3 is 5.73 Å². The molecule has 94 valence electrons. The number of thiazole rings is 1. The molecule has 2 nitrogen and oxygen atoms in total. The molecule has 0 amide bonds. The molecule has 1 aromatic rings. The van der Waals surface area contributed by atoms with E-state index in [-0.39, 0.29) is 6.04 Å². The Kier molecular flexibility index (Phi) is 3.71. The van der Waals surface area contributed by atoms with Gasteiger partial charge in [-0.3, -0.25) is 0 Å². The minimum Gasteiger partial charge on any atom is -0.323 e. The van der Waals surface area contributed by atoms with Crippen LogP contribution in [0.4, 0.5) is 0 Å². The lowest BCUT2D eigenvalue weighted by Crippen LogP contribution is -2.18. The van der Waals surface area contributed by atoms with Crippen molar-refractivity contribution in [3.8, 4) is 0 Å². The Hall–Kier alpha value is 0.290. The lowest BCUT2D eigenvalue weighted by molar-refractivity contribution is 0.562. The van der Waals surface area contributed by atoms with Crippen LogP contribution in [0.3, 0.4) is 0 Å². The summed E-state index contributed by atoms with van der Waals surface area (Å²) in [7, 11) is 0. The zero-order valence-electron chi connectivity index (χ0n) is 10.0. The highest BCUT2D eigenvalue weighted by Gasteiger charge is 2.30. The Morgan fingerprint density at radius 2 is 2.12 bits per heavy atom. The molecule has 5 heteroatoms. The molecule has 17 heavy (non-hydrogen) atoms. The molecule has 1 saturated heterocycles. The van der Waals surface area contributed by atoms with E-state index in [2.05, 4.69) is 30.4 Å². The van der Waals surface area contributed by atoms with Crippen molar-refractivity contribution in [2.24, 2.45) is 5.73 Å². The molecular formula is C12H18N2S3. The molecule has 0 radical (unpaired) electrons. The average molecular weight is 286 g/mol. The molecule has 0 aromatic carbocycles. The molecule has 0 spiro atoms. The highest BCUT2D eigenvalue weighted by Crippen LogP contribution is 2.45. The van der Waals surface area contributed by atoms with Gasteiger partial charge in [-0.15, -0.1) is 23.1 Å². The van der Waals surface area contributed by atoms with Gasteiger partial charge in [-0.05, 0) is 19.3 Å². The molecule has 2 heterocycles. The monoisotopic (exact) mass is 286 g/mol. The highest BCUT2D eigenvalue weighted by molar-refractivity contribution is 8.06. The highest BCUT2D eigenvalue weighted by atomic mass is 32.2. The quantitative estimate of drug-likeness (QED) is 0.859. The molecule has 1 fully saturated rings. The summed E-state index contributed by atoms with van der Waals surface area (Å²) in [5.41, 5.74) is 7.36. The second kappa shape index (κ2) is 5.11. The Morgan fingerprint density at radius 3 is 2.88 bits per heavy atom. The third kappa shape index (κ3) is 2.39. The van der Waals surface area contributed by atoms with E-state index >= 15 is 0 Å². The number of thioether (sulfide) groups is 2. The molecule has 0 saturated carbocycles. The largest absolute Gasteiger partial charge is 0.323 e. The van der Waals surface area contributed by atoms with Gasteiger partial charge in [0.05, 0.1) is 10.9 Å². The number of hydrogen-bond acceptors (Lipinski definition) is 5. The SMILES string of the molecule is CC1SCCSC1c1nc2c(s1)CCCC2N. The summed E-state index contributed by atoms with van der Waals surface area (Å²) in [5, 5.41) is 2.62. The zero-order chi connectivity index (χ0) is 11.8. The number of aryl methyl sites for hydroxylation is 1. The first kappa shape index (κ1) is 12.3. The number of hydrogen-bond donors (Lipinski definition) is 1. The molecule has 2 N–H and O–H groups in total. The van der Waals surface area contributed by atoms with E-state index in [0.29, 0.717) is 10.5 Å². The number of fused-ring (bicyclic) bond motifs is 1. The first-order chi connectivity index (χ1) is 8.25. The third-order valence-electron chi connectivity index (χ3n) is 3.45. The second-order valence-corrected chi connectivity index (χ2v) is 8.58. The normalized spacial score (nSPS) is 33.4. The van der Waals surface area contributed by atoms with Crippen LogP contribution in [0.2, 0.25) is 0 Å². The number of nitrogens with zero attached hydrogens (tertiary/aromatic N) is 1. The van der Waals surface area contributed by atoms with Gasteiger partial charge in [0.15, 0.2) is 0 Å². The van der Waals surface area contributed by atoms with Crippen LogP contribution in [0.15, 0.2) is 0 Å². The van der Waals surface area contributed by atoms with Gasteiger partial charge in [-0.25, -0.2) is 4.98 Å². The van der Waals surface area contributed by atoms with Crippen LogP contribution in [0.1, 0.15) is 46.6 Å². The maximum absolute atomic E-state index is 6.16. The van der Waals surface area contributed by atoms with Crippen LogP contribution in [0, 0.1) is 0 Å². The predicted octanol–water partition coefficient (Wildman–Crippen LogP) is 3.39. The first-order valence-corrected chi connectivity index (χ1v) is 9.15. The summed E-state index contributed by atoms with van der Waals surface area (Å²) in [6.45, 7) is 2.34. The van der Waals surface area contributed by atoms with Crippen molar-refractivity contribution in [1.29, 1.82) is 0 Å². The van der Waals surface area contributed by atoms with Crippen LogP contribution in [0.5, 0.6) is 0 Å². The topological polar surface area (TPSA) is 38.9 Å². The molecular weight excluding hydrogens is 268 g/mol. The molecule has 1 aliphatic carbocycles. The Labute approximate surface area is 115 Å². The molecule has 1 aliphatic heterocycles. The van der Waals surface area contributed by atoms with E-state index < -0.39 is 0 Å². The molecule has 3 unspecified atom stereocenters. The molecule has 0 bridgehead atoms. The van der Waals surface area contributed by atoms with E-state index in [0.717, 1.165) is 6.42 Å². The fourth-order valence-electron chi connectivity index (χ4n) is 2.50. The molecule has 3 rings (SSSR count). The standard InChI is InChI=1S/C12H18N2S3/c1-7-11(16-6-5-15-7)12-14-10-8(13)3-2-4-9(10)17-12/h7-8,11H,2-6,13H2,1H3. The predicted molar refractivity (Wildman–Crippen MR) is 79.1 cm³/mol. The average Bonchev–Trinajstić information content (AvgIpc) is 2.75. The van der Waals surface area contributed by atoms with Gasteiger partial charge >= 0.3 is 0 Å². The lowest BCUT2D eigenvalue weighted by atomic mass is 9.99. The van der Waals surface area contributed by atoms with Crippen LogP contribution in [-0.4, -0.2) is 21.7 Å². The Bertz CT molecular complexity index is 404. The summed E-state index contributed by atoms with van der Waals surface area (Å²) < 4.78 is 0. The van der Waals surface area contributed by atoms with Crippen molar-refractivity contribution in [3.05, 3.63) is 15.6 Å². The zero-order valence-corrected chi connectivity index (χ0v) is 12.5. The van der Waals surface area contributed by atoms with E-state index in [4.69, 9.17) is 10.7 Å². The summed E-state index contributed by atoms with van der Waals surface area (Å²) in [6, 6.07) is 0.195. The Morgan fingerprint density at radius 1 is 1.29 bits per heavy atom. The number of nitrogens with two attached hydrogens (primary N) is 1. The van der Waals surface area contributed by atoms with Crippen molar-refractivity contribution in [1.82, 2.24) is 4.98 Å². The summed E-state index contributed by atoms with van der Waals surface area (Å²) in [4.78, 5) is 6.33. The fraction of sp³-hybridized carbons (Fsp3) is 0.750. The minimum absolute atomic E-state index is 0.195. The van der Waals surface area contributed by atoms with Gasteiger partial charge in [0, 0.05) is 27.7 Å². The maximum atomic E-state index is 6.16. The van der Waals surface area contributed by atoms with Crippen LogP contribution in [-0.2, 0) is 6.42 Å². The summed E-state index contributed by atoms with van der Waals surface area (Å²) >= 11 is 6.08. The summed E-state index contributed by atoms with van der Waals surface area (Å²) in [6.07, 6.45) is 3.54. The second-order valence-electron chi connectivity index (χ2n) is 4.73. The van der Waals surface area contributed by atoms with Gasteiger partial charge in [-0.2, -0.15) is 11.8 Å². The third-order valence-corrected chi connectivity index (χ3v) is 7.91. The van der Waals surface area contributed by atoms with Gasteiger partial charge in [0.25, 0.3) is 0 Å². The Balaban J connectivity index is 1.88. The minimum atomic E-state index is 0.195. The van der Waals surface area contributed by atoms with Gasteiger partial charge in [0.1, 0.15) is 5.01 Å². The molecule has 2 aliphatic rings. The van der Waals surface area contributed by atoms with Crippen molar-refractivity contribution >= 4 is 34.9 Å². The van der Waals surface area contributed by atoms with E-state index in [1.54, 1.807) is 0 Å². The number of aromatic nitrogens is 1. The van der Waals surface area contributed by atoms with E-state index in [1.807, 2.05) is 11.3 Å². The lowest BCUT2D eigenvalue weighted by Gasteiger charge is -2.25. The van der Waals surface area contributed by atoms with Crippen LogP contribution >= 0.6 is 34.9 Å². The van der Waals surface area contributed by atoms with E-state index in [9.17, 15) is 0 Å². The summed E-state index contributed by atoms with van der Waals surface area (Å²) in [5.74, 6) is 2.54. The van der Waals surface area contributed by atoms with Gasteiger partial charge in [0.2, 0.25) is 0 Å². The molecule has 3 atom stereocenters. The van der Waals surface area contributed by atoms with Crippen molar-refractivity contribution < 1.29 is 0 Å². The smallest absolute Gasteiger partial charge is 0.107 e.